The highest BCUT2D eigenvalue weighted by atomic mass is 19.1. The lowest BCUT2D eigenvalue weighted by Gasteiger charge is -2.32. The van der Waals surface area contributed by atoms with Gasteiger partial charge in [-0.15, -0.1) is 0 Å². The highest BCUT2D eigenvalue weighted by Gasteiger charge is 2.24. The molecule has 3 aromatic heterocycles. The fraction of sp³-hybridized carbons (Fsp3) is 0.400. The average molecular weight is 487 g/mol. The lowest BCUT2D eigenvalue weighted by Crippen LogP contribution is -2.33. The predicted molar refractivity (Wildman–Crippen MR) is 145 cm³/mol. The number of nitrogens with zero attached hydrogens (tertiary/aromatic N) is 3. The van der Waals surface area contributed by atoms with Gasteiger partial charge in [0.05, 0.1) is 11.3 Å². The second-order valence-electron chi connectivity index (χ2n) is 10.4. The largest absolute Gasteiger partial charge is 0.354 e. The monoisotopic (exact) mass is 486 g/mol. The first-order valence-corrected chi connectivity index (χ1v) is 13.1. The van der Waals surface area contributed by atoms with Crippen molar-refractivity contribution in [1.82, 2.24) is 19.4 Å². The van der Waals surface area contributed by atoms with Crippen molar-refractivity contribution in [3.63, 3.8) is 0 Å². The van der Waals surface area contributed by atoms with E-state index in [9.17, 15) is 4.79 Å². The molecule has 0 aliphatic carbocycles. The van der Waals surface area contributed by atoms with Crippen LogP contribution in [0.2, 0.25) is 0 Å². The maximum Gasteiger partial charge on any atom is 0.260 e. The topological polar surface area (TPSA) is 53.9 Å². The highest BCUT2D eigenvalue weighted by Crippen LogP contribution is 2.39. The summed E-state index contributed by atoms with van der Waals surface area (Å²) in [6, 6.07) is 12.0. The first-order chi connectivity index (χ1) is 17.4. The fourth-order valence-electron chi connectivity index (χ4n) is 5.72. The second kappa shape index (κ2) is 10.0. The summed E-state index contributed by atoms with van der Waals surface area (Å²) >= 11 is 0. The number of aromatic amines is 1. The number of piperidine rings is 1. The molecule has 1 fully saturated rings. The van der Waals surface area contributed by atoms with Crippen molar-refractivity contribution in [2.75, 3.05) is 19.6 Å². The van der Waals surface area contributed by atoms with Gasteiger partial charge in [-0.05, 0) is 86.1 Å². The Balaban J connectivity index is 1.61. The van der Waals surface area contributed by atoms with Crippen LogP contribution < -0.4 is 5.56 Å². The van der Waals surface area contributed by atoms with Crippen LogP contribution in [0.5, 0.6) is 0 Å². The molecule has 0 radical (unpaired) electrons. The molecule has 5 rings (SSSR count). The van der Waals surface area contributed by atoms with E-state index in [1.54, 1.807) is 24.5 Å². The van der Waals surface area contributed by atoms with Crippen LogP contribution in [0.4, 0.5) is 4.39 Å². The summed E-state index contributed by atoms with van der Waals surface area (Å²) in [5.41, 5.74) is 5.35. The molecule has 1 saturated heterocycles. The summed E-state index contributed by atoms with van der Waals surface area (Å²) in [5.74, 6) is 0.186. The minimum absolute atomic E-state index is 0.175. The van der Waals surface area contributed by atoms with Gasteiger partial charge in [0, 0.05) is 41.5 Å². The van der Waals surface area contributed by atoms with Gasteiger partial charge < -0.3 is 9.88 Å². The molecule has 0 amide bonds. The molecule has 0 spiro atoms. The number of rotatable bonds is 6. The zero-order valence-electron chi connectivity index (χ0n) is 21.6. The number of halogens is 1. The molecule has 1 aromatic carbocycles. The third-order valence-electron chi connectivity index (χ3n) is 7.62. The molecular weight excluding hydrogens is 451 g/mol. The molecule has 4 heterocycles. The Morgan fingerprint density at radius 1 is 1.14 bits per heavy atom. The third-order valence-corrected chi connectivity index (χ3v) is 7.62. The van der Waals surface area contributed by atoms with Crippen LogP contribution in [-0.2, 0) is 7.05 Å². The summed E-state index contributed by atoms with van der Waals surface area (Å²) in [7, 11) is 1.49. The van der Waals surface area contributed by atoms with Crippen LogP contribution in [0.3, 0.4) is 0 Å². The molecule has 1 N–H and O–H groups in total. The number of fused-ring (bicyclic) bond motifs is 1. The summed E-state index contributed by atoms with van der Waals surface area (Å²) < 4.78 is 16.7. The van der Waals surface area contributed by atoms with Crippen molar-refractivity contribution in [2.45, 2.75) is 51.9 Å². The van der Waals surface area contributed by atoms with E-state index < -0.39 is 5.95 Å². The zero-order valence-corrected chi connectivity index (χ0v) is 21.6. The Morgan fingerprint density at radius 3 is 2.58 bits per heavy atom. The third kappa shape index (κ3) is 4.39. The lowest BCUT2D eigenvalue weighted by molar-refractivity contribution is 0.213. The first kappa shape index (κ1) is 24.4. The molecule has 1 aliphatic rings. The molecular formula is C30H35FN4O. The predicted octanol–water partition coefficient (Wildman–Crippen LogP) is 6.45. The van der Waals surface area contributed by atoms with E-state index in [1.165, 1.54) is 38.4 Å². The van der Waals surface area contributed by atoms with Crippen LogP contribution in [0, 0.1) is 5.95 Å². The van der Waals surface area contributed by atoms with E-state index in [0.29, 0.717) is 22.6 Å². The molecule has 0 bridgehead atoms. The van der Waals surface area contributed by atoms with E-state index in [1.807, 2.05) is 6.07 Å². The molecule has 6 heteroatoms. The van der Waals surface area contributed by atoms with Gasteiger partial charge in [-0.1, -0.05) is 32.9 Å². The SMILES string of the molecule is CCCN1CCC(c2ccc3[nH]c(-c4cc(-c5cccnc5)c(=O)n(C)c4F)c(C(C)C)c3c2)CC1. The van der Waals surface area contributed by atoms with E-state index in [-0.39, 0.29) is 11.5 Å². The van der Waals surface area contributed by atoms with Crippen molar-refractivity contribution in [1.29, 1.82) is 0 Å². The summed E-state index contributed by atoms with van der Waals surface area (Å²) in [6.45, 7) is 9.99. The van der Waals surface area contributed by atoms with Gasteiger partial charge in [-0.2, -0.15) is 4.39 Å². The van der Waals surface area contributed by atoms with E-state index in [2.05, 4.69) is 53.8 Å². The van der Waals surface area contributed by atoms with Crippen molar-refractivity contribution in [3.8, 4) is 22.4 Å². The molecule has 0 atom stereocenters. The Kier molecular flexibility index (Phi) is 6.80. The van der Waals surface area contributed by atoms with Crippen LogP contribution >= 0.6 is 0 Å². The standard InChI is InChI=1S/C30H35FN4O/c1-5-13-35-14-10-20(11-15-35)21-8-9-26-24(16-21)27(19(2)3)28(33-26)25-17-23(22-7-6-12-32-18-22)30(36)34(4)29(25)31/h6-9,12,16-20,33H,5,10-11,13-15H2,1-4H3. The van der Waals surface area contributed by atoms with Crippen LogP contribution in [0.1, 0.15) is 63.0 Å². The number of nitrogens with one attached hydrogen (secondary N) is 1. The minimum Gasteiger partial charge on any atom is -0.354 e. The number of likely N-dealkylation sites (tertiary alicyclic amines) is 1. The maximum atomic E-state index is 15.6. The van der Waals surface area contributed by atoms with Gasteiger partial charge in [0.15, 0.2) is 0 Å². The van der Waals surface area contributed by atoms with Crippen molar-refractivity contribution >= 4 is 10.9 Å². The van der Waals surface area contributed by atoms with Crippen LogP contribution in [0.15, 0.2) is 53.6 Å². The molecule has 188 valence electrons. The lowest BCUT2D eigenvalue weighted by atomic mass is 9.87. The van der Waals surface area contributed by atoms with E-state index in [0.717, 1.165) is 39.8 Å². The zero-order chi connectivity index (χ0) is 25.4. The Labute approximate surface area is 212 Å². The number of pyridine rings is 2. The van der Waals surface area contributed by atoms with Crippen LogP contribution in [-0.4, -0.2) is 39.1 Å². The quantitative estimate of drug-likeness (QED) is 0.319. The Hall–Kier alpha value is -3.25. The van der Waals surface area contributed by atoms with Crippen molar-refractivity contribution in [3.05, 3.63) is 76.2 Å². The molecule has 0 unspecified atom stereocenters. The van der Waals surface area contributed by atoms with Gasteiger partial charge in [-0.25, -0.2) is 0 Å². The number of aromatic nitrogens is 3. The highest BCUT2D eigenvalue weighted by molar-refractivity contribution is 5.92. The summed E-state index contributed by atoms with van der Waals surface area (Å²) in [6.07, 6.45) is 6.85. The molecule has 4 aromatic rings. The normalized spacial score (nSPS) is 15.3. The number of hydrogen-bond donors (Lipinski definition) is 1. The van der Waals surface area contributed by atoms with Crippen LogP contribution in [0.25, 0.3) is 33.3 Å². The summed E-state index contributed by atoms with van der Waals surface area (Å²) in [4.78, 5) is 23.1. The van der Waals surface area contributed by atoms with Gasteiger partial charge in [0.25, 0.3) is 5.56 Å². The first-order valence-electron chi connectivity index (χ1n) is 13.1. The fourth-order valence-corrected chi connectivity index (χ4v) is 5.72. The van der Waals surface area contributed by atoms with E-state index in [4.69, 9.17) is 0 Å². The average Bonchev–Trinajstić information content (AvgIpc) is 3.27. The number of hydrogen-bond acceptors (Lipinski definition) is 3. The second-order valence-corrected chi connectivity index (χ2v) is 10.4. The van der Waals surface area contributed by atoms with Gasteiger partial charge in [-0.3, -0.25) is 14.3 Å². The Morgan fingerprint density at radius 2 is 1.92 bits per heavy atom. The molecule has 5 nitrogen and oxygen atoms in total. The molecule has 1 aliphatic heterocycles. The molecule has 0 saturated carbocycles. The maximum absolute atomic E-state index is 15.6. The minimum atomic E-state index is -0.537. The van der Waals surface area contributed by atoms with Gasteiger partial charge in [0.1, 0.15) is 0 Å². The van der Waals surface area contributed by atoms with E-state index >= 15 is 4.39 Å². The van der Waals surface area contributed by atoms with Crippen molar-refractivity contribution < 1.29 is 4.39 Å². The van der Waals surface area contributed by atoms with Gasteiger partial charge in [0.2, 0.25) is 5.95 Å². The Bertz CT molecular complexity index is 1430. The number of benzene rings is 1. The van der Waals surface area contributed by atoms with Gasteiger partial charge >= 0.3 is 0 Å². The summed E-state index contributed by atoms with van der Waals surface area (Å²) in [5, 5.41) is 1.14. The smallest absolute Gasteiger partial charge is 0.260 e. The molecule has 36 heavy (non-hydrogen) atoms. The number of H-pyrrole nitrogens is 1. The van der Waals surface area contributed by atoms with Crippen molar-refractivity contribution in [2.24, 2.45) is 7.05 Å².